The Hall–Kier alpha value is -3.15. The van der Waals surface area contributed by atoms with Crippen LogP contribution in [0.2, 0.25) is 5.02 Å². The highest BCUT2D eigenvalue weighted by Crippen LogP contribution is 2.40. The fraction of sp³-hybridized carbons (Fsp3) is 0.259. The van der Waals surface area contributed by atoms with Gasteiger partial charge in [-0.15, -0.1) is 0 Å². The van der Waals surface area contributed by atoms with Gasteiger partial charge in [-0.05, 0) is 63.1 Å². The van der Waals surface area contributed by atoms with Crippen LogP contribution in [-0.2, 0) is 0 Å². The van der Waals surface area contributed by atoms with Gasteiger partial charge in [0.2, 0.25) is 0 Å². The summed E-state index contributed by atoms with van der Waals surface area (Å²) in [5.74, 6) is 1.31. The Morgan fingerprint density at radius 2 is 1.79 bits per heavy atom. The van der Waals surface area contributed by atoms with Crippen LogP contribution in [0.5, 0.6) is 5.75 Å². The molecule has 1 unspecified atom stereocenters. The number of halogens is 1. The highest BCUT2D eigenvalue weighted by atomic mass is 35.5. The minimum Gasteiger partial charge on any atom is -0.492 e. The molecule has 0 spiro atoms. The van der Waals surface area contributed by atoms with Crippen LogP contribution >= 0.6 is 11.6 Å². The van der Waals surface area contributed by atoms with E-state index >= 15 is 0 Å². The zero-order chi connectivity index (χ0) is 22.9. The highest BCUT2D eigenvalue weighted by molar-refractivity contribution is 6.34. The van der Waals surface area contributed by atoms with Crippen molar-refractivity contribution in [3.8, 4) is 28.0 Å². The first-order valence-corrected chi connectivity index (χ1v) is 11.6. The third-order valence-electron chi connectivity index (χ3n) is 6.18. The van der Waals surface area contributed by atoms with E-state index in [1.54, 1.807) is 12.3 Å². The van der Waals surface area contributed by atoms with Gasteiger partial charge in [-0.2, -0.15) is 0 Å². The Labute approximate surface area is 199 Å². The van der Waals surface area contributed by atoms with E-state index in [9.17, 15) is 0 Å². The number of benzene rings is 2. The molecule has 0 bridgehead atoms. The van der Waals surface area contributed by atoms with Gasteiger partial charge in [0.15, 0.2) is 0 Å². The molecule has 3 heterocycles. The van der Waals surface area contributed by atoms with Crippen molar-refractivity contribution in [2.75, 3.05) is 18.9 Å². The average molecular weight is 459 g/mol. The zero-order valence-corrected chi connectivity index (χ0v) is 19.6. The predicted octanol–water partition coefficient (Wildman–Crippen LogP) is 5.95. The lowest BCUT2D eigenvalue weighted by Crippen LogP contribution is -2.43. The first-order valence-electron chi connectivity index (χ1n) is 11.3. The Morgan fingerprint density at radius 3 is 2.45 bits per heavy atom. The molecule has 1 atom stereocenters. The molecule has 1 aliphatic heterocycles. The van der Waals surface area contributed by atoms with Gasteiger partial charge < -0.3 is 15.8 Å². The predicted molar refractivity (Wildman–Crippen MR) is 136 cm³/mol. The lowest BCUT2D eigenvalue weighted by atomic mass is 9.98. The van der Waals surface area contributed by atoms with Gasteiger partial charge in [0.25, 0.3) is 0 Å². The molecule has 0 amide bonds. The van der Waals surface area contributed by atoms with Crippen molar-refractivity contribution in [2.24, 2.45) is 0 Å². The molecule has 4 aromatic rings. The van der Waals surface area contributed by atoms with Crippen molar-refractivity contribution >= 4 is 28.3 Å². The van der Waals surface area contributed by atoms with Crippen LogP contribution in [0, 0.1) is 13.8 Å². The third-order valence-corrected chi connectivity index (χ3v) is 6.49. The third kappa shape index (κ3) is 4.52. The van der Waals surface area contributed by atoms with E-state index in [-0.39, 0.29) is 0 Å². The molecule has 5 nitrogen and oxygen atoms in total. The largest absolute Gasteiger partial charge is 0.492 e. The van der Waals surface area contributed by atoms with Gasteiger partial charge in [-0.1, -0.05) is 40.9 Å². The van der Waals surface area contributed by atoms with Crippen molar-refractivity contribution in [1.29, 1.82) is 0 Å². The molecular formula is C27H27ClN4O. The maximum absolute atomic E-state index is 6.65. The molecule has 6 heteroatoms. The molecule has 33 heavy (non-hydrogen) atoms. The number of pyridine rings is 2. The molecular weight excluding hydrogens is 432 g/mol. The lowest BCUT2D eigenvalue weighted by Gasteiger charge is -2.27. The highest BCUT2D eigenvalue weighted by Gasteiger charge is 2.19. The first-order chi connectivity index (χ1) is 16.0. The monoisotopic (exact) mass is 458 g/mol. The summed E-state index contributed by atoms with van der Waals surface area (Å²) in [6, 6.07) is 14.7. The number of nitrogens with zero attached hydrogens (tertiary/aromatic N) is 2. The molecule has 3 N–H and O–H groups in total. The van der Waals surface area contributed by atoms with Gasteiger partial charge >= 0.3 is 0 Å². The molecule has 1 aliphatic rings. The molecule has 168 valence electrons. The summed E-state index contributed by atoms with van der Waals surface area (Å²) in [6.07, 6.45) is 5.81. The minimum atomic E-state index is 0.475. The number of aryl methyl sites for hydroxylation is 2. The van der Waals surface area contributed by atoms with Gasteiger partial charge in [0.1, 0.15) is 11.6 Å². The van der Waals surface area contributed by atoms with Gasteiger partial charge in [-0.3, -0.25) is 4.98 Å². The van der Waals surface area contributed by atoms with Crippen molar-refractivity contribution in [2.45, 2.75) is 32.7 Å². The van der Waals surface area contributed by atoms with E-state index in [0.29, 0.717) is 23.5 Å². The van der Waals surface area contributed by atoms with E-state index in [4.69, 9.17) is 27.1 Å². The van der Waals surface area contributed by atoms with Crippen LogP contribution in [0.15, 0.2) is 54.9 Å². The standard InChI is InChI=1S/C27H27ClN4O/c1-16-9-17(2)11-19(10-16)23-15-31-25-13-24(28)21(18-3-4-26(29)32-14-18)12-22(25)27(23)33-8-6-20-5-7-30-20/h3-4,9-15,20,30H,5-8H2,1-2H3,(H2,29,32). The summed E-state index contributed by atoms with van der Waals surface area (Å²) in [4.78, 5) is 8.98. The molecule has 0 aliphatic carbocycles. The minimum absolute atomic E-state index is 0.475. The summed E-state index contributed by atoms with van der Waals surface area (Å²) in [6.45, 7) is 5.95. The molecule has 5 rings (SSSR count). The second kappa shape index (κ2) is 9.00. The van der Waals surface area contributed by atoms with E-state index in [2.05, 4.69) is 48.4 Å². The quantitative estimate of drug-likeness (QED) is 0.373. The smallest absolute Gasteiger partial charge is 0.138 e. The second-order valence-corrected chi connectivity index (χ2v) is 9.18. The van der Waals surface area contributed by atoms with E-state index in [0.717, 1.165) is 51.9 Å². The SMILES string of the molecule is Cc1cc(C)cc(-c2cnc3cc(Cl)c(-c4ccc(N)nc4)cc3c2OCCC2CCN2)c1. The number of nitrogens with two attached hydrogens (primary N) is 1. The number of ether oxygens (including phenoxy) is 1. The fourth-order valence-corrected chi connectivity index (χ4v) is 4.63. The van der Waals surface area contributed by atoms with E-state index < -0.39 is 0 Å². The Kier molecular flexibility index (Phi) is 5.92. The Morgan fingerprint density at radius 1 is 1.00 bits per heavy atom. The normalized spacial score (nSPS) is 15.4. The number of nitrogens with one attached hydrogen (secondary N) is 1. The zero-order valence-electron chi connectivity index (χ0n) is 18.9. The summed E-state index contributed by atoms with van der Waals surface area (Å²) >= 11 is 6.65. The second-order valence-electron chi connectivity index (χ2n) is 8.78. The molecule has 1 fully saturated rings. The van der Waals surface area contributed by atoms with Gasteiger partial charge in [0.05, 0.1) is 17.1 Å². The number of rotatable bonds is 6. The van der Waals surface area contributed by atoms with Crippen LogP contribution in [0.1, 0.15) is 24.0 Å². The number of hydrogen-bond acceptors (Lipinski definition) is 5. The summed E-state index contributed by atoms with van der Waals surface area (Å²) in [7, 11) is 0. The lowest BCUT2D eigenvalue weighted by molar-refractivity contribution is 0.255. The number of aromatic nitrogens is 2. The number of fused-ring (bicyclic) bond motifs is 1. The van der Waals surface area contributed by atoms with Crippen molar-refractivity contribution in [3.63, 3.8) is 0 Å². The molecule has 0 radical (unpaired) electrons. The van der Waals surface area contributed by atoms with Gasteiger partial charge in [-0.25, -0.2) is 4.98 Å². The Balaban J connectivity index is 1.65. The topological polar surface area (TPSA) is 73.1 Å². The maximum Gasteiger partial charge on any atom is 0.138 e. The van der Waals surface area contributed by atoms with Crippen LogP contribution < -0.4 is 15.8 Å². The number of nitrogen functional groups attached to an aromatic ring is 1. The van der Waals surface area contributed by atoms with Crippen molar-refractivity contribution < 1.29 is 4.74 Å². The summed E-state index contributed by atoms with van der Waals surface area (Å²) in [5.41, 5.74) is 12.9. The fourth-order valence-electron chi connectivity index (χ4n) is 4.36. The first kappa shape index (κ1) is 21.7. The van der Waals surface area contributed by atoms with E-state index in [1.165, 1.54) is 17.5 Å². The molecule has 2 aromatic carbocycles. The van der Waals surface area contributed by atoms with Crippen LogP contribution in [0.3, 0.4) is 0 Å². The molecule has 0 saturated carbocycles. The maximum atomic E-state index is 6.65. The number of anilines is 1. The number of hydrogen-bond donors (Lipinski definition) is 2. The van der Waals surface area contributed by atoms with E-state index in [1.807, 2.05) is 18.3 Å². The van der Waals surface area contributed by atoms with Crippen molar-refractivity contribution in [1.82, 2.24) is 15.3 Å². The molecule has 2 aromatic heterocycles. The average Bonchev–Trinajstić information content (AvgIpc) is 2.75. The van der Waals surface area contributed by atoms with Crippen LogP contribution in [0.4, 0.5) is 5.82 Å². The van der Waals surface area contributed by atoms with Crippen LogP contribution in [0.25, 0.3) is 33.2 Å². The van der Waals surface area contributed by atoms with Crippen molar-refractivity contribution in [3.05, 3.63) is 71.0 Å². The Bertz CT molecular complexity index is 1300. The summed E-state index contributed by atoms with van der Waals surface area (Å²) < 4.78 is 6.48. The van der Waals surface area contributed by atoms with Crippen LogP contribution in [-0.4, -0.2) is 29.2 Å². The molecule has 1 saturated heterocycles. The summed E-state index contributed by atoms with van der Waals surface area (Å²) in [5, 5.41) is 5.00. The van der Waals surface area contributed by atoms with Gasteiger partial charge in [0, 0.05) is 40.5 Å².